The Labute approximate surface area is 64.5 Å². The van der Waals surface area contributed by atoms with Crippen molar-refractivity contribution < 1.29 is 4.39 Å². The van der Waals surface area contributed by atoms with E-state index >= 15 is 0 Å². The number of hydrogen-bond donors (Lipinski definition) is 1. The summed E-state index contributed by atoms with van der Waals surface area (Å²) >= 11 is 0. The smallest absolute Gasteiger partial charge is 0.217 e. The van der Waals surface area contributed by atoms with Crippen molar-refractivity contribution in [3.8, 4) is 0 Å². The van der Waals surface area contributed by atoms with Crippen LogP contribution in [0.1, 0.15) is 11.1 Å². The molecule has 0 spiro atoms. The van der Waals surface area contributed by atoms with Crippen LogP contribution in [0.25, 0.3) is 0 Å². The summed E-state index contributed by atoms with van der Waals surface area (Å²) in [5.74, 6) is -0.324. The van der Waals surface area contributed by atoms with Crippen molar-refractivity contribution in [1.82, 2.24) is 10.3 Å². The number of aromatic nitrogens is 1. The van der Waals surface area contributed by atoms with Crippen LogP contribution in [0.2, 0.25) is 0 Å². The Hall–Kier alpha value is -0.960. The summed E-state index contributed by atoms with van der Waals surface area (Å²) in [5.41, 5.74) is 1.83. The van der Waals surface area contributed by atoms with Gasteiger partial charge in [-0.3, -0.25) is 0 Å². The van der Waals surface area contributed by atoms with Gasteiger partial charge in [-0.15, -0.1) is 0 Å². The van der Waals surface area contributed by atoms with Crippen LogP contribution < -0.4 is 5.32 Å². The Morgan fingerprint density at radius 3 is 3.27 bits per heavy atom. The molecule has 0 radical (unpaired) electrons. The highest BCUT2D eigenvalue weighted by Crippen LogP contribution is 2.14. The number of nitrogens with one attached hydrogen (secondary N) is 1. The lowest BCUT2D eigenvalue weighted by Gasteiger charge is -2.15. The fourth-order valence-electron chi connectivity index (χ4n) is 1.36. The van der Waals surface area contributed by atoms with Gasteiger partial charge >= 0.3 is 0 Å². The maximum atomic E-state index is 12.9. The van der Waals surface area contributed by atoms with Gasteiger partial charge in [-0.2, -0.15) is 4.39 Å². The highest BCUT2D eigenvalue weighted by atomic mass is 19.1. The first-order valence-corrected chi connectivity index (χ1v) is 3.71. The molecule has 11 heavy (non-hydrogen) atoms. The van der Waals surface area contributed by atoms with Gasteiger partial charge < -0.3 is 5.32 Å². The van der Waals surface area contributed by atoms with E-state index in [-0.39, 0.29) is 5.95 Å². The van der Waals surface area contributed by atoms with Crippen LogP contribution in [-0.2, 0) is 13.0 Å². The minimum Gasteiger partial charge on any atom is -0.312 e. The van der Waals surface area contributed by atoms with Gasteiger partial charge in [0.25, 0.3) is 0 Å². The van der Waals surface area contributed by atoms with Crippen molar-refractivity contribution in [3.63, 3.8) is 0 Å². The van der Waals surface area contributed by atoms with E-state index in [9.17, 15) is 4.39 Å². The molecule has 1 N–H and O–H groups in total. The first kappa shape index (κ1) is 6.73. The number of nitrogens with zero attached hydrogens (tertiary/aromatic N) is 1. The topological polar surface area (TPSA) is 24.9 Å². The van der Waals surface area contributed by atoms with Gasteiger partial charge in [0.1, 0.15) is 0 Å². The summed E-state index contributed by atoms with van der Waals surface area (Å²) in [6, 6.07) is 1.89. The standard InChI is InChI=1S/C8H9FN2/c9-8-7-5-10-3-1-6(7)2-4-11-8/h2,4,10H,1,3,5H2. The summed E-state index contributed by atoms with van der Waals surface area (Å²) in [4.78, 5) is 3.59. The molecule has 1 aromatic heterocycles. The molecular weight excluding hydrogens is 143 g/mol. The third kappa shape index (κ3) is 1.12. The van der Waals surface area contributed by atoms with E-state index in [1.165, 1.54) is 6.20 Å². The molecule has 2 nitrogen and oxygen atoms in total. The molecule has 0 unspecified atom stereocenters. The van der Waals surface area contributed by atoms with E-state index in [0.29, 0.717) is 6.54 Å². The first-order valence-electron chi connectivity index (χ1n) is 3.71. The van der Waals surface area contributed by atoms with Crippen LogP contribution in [0.15, 0.2) is 12.3 Å². The fraction of sp³-hybridized carbons (Fsp3) is 0.375. The molecule has 0 saturated carbocycles. The zero-order valence-electron chi connectivity index (χ0n) is 6.10. The maximum absolute atomic E-state index is 12.9. The van der Waals surface area contributed by atoms with Crippen molar-refractivity contribution in [2.24, 2.45) is 0 Å². The van der Waals surface area contributed by atoms with Gasteiger partial charge in [-0.25, -0.2) is 4.98 Å². The molecule has 0 atom stereocenters. The zero-order chi connectivity index (χ0) is 7.68. The second-order valence-corrected chi connectivity index (χ2v) is 2.67. The number of halogens is 1. The summed E-state index contributed by atoms with van der Waals surface area (Å²) in [6.07, 6.45) is 2.44. The molecular formula is C8H9FN2. The lowest BCUT2D eigenvalue weighted by molar-refractivity contribution is 0.531. The average molecular weight is 152 g/mol. The molecule has 0 aliphatic carbocycles. The highest BCUT2D eigenvalue weighted by molar-refractivity contribution is 5.26. The largest absolute Gasteiger partial charge is 0.312 e. The fourth-order valence-corrected chi connectivity index (χ4v) is 1.36. The van der Waals surface area contributed by atoms with Crippen molar-refractivity contribution in [2.75, 3.05) is 6.54 Å². The zero-order valence-corrected chi connectivity index (χ0v) is 6.10. The Morgan fingerprint density at radius 2 is 2.45 bits per heavy atom. The molecule has 58 valence electrons. The van der Waals surface area contributed by atoms with Gasteiger partial charge in [0.15, 0.2) is 0 Å². The number of pyridine rings is 1. The Bertz CT molecular complexity index is 273. The normalized spacial score (nSPS) is 16.1. The third-order valence-corrected chi connectivity index (χ3v) is 1.97. The predicted molar refractivity (Wildman–Crippen MR) is 39.6 cm³/mol. The van der Waals surface area contributed by atoms with E-state index in [2.05, 4.69) is 10.3 Å². The SMILES string of the molecule is Fc1nccc2c1CNCC2. The number of hydrogen-bond acceptors (Lipinski definition) is 2. The van der Waals surface area contributed by atoms with Crippen molar-refractivity contribution in [2.45, 2.75) is 13.0 Å². The van der Waals surface area contributed by atoms with E-state index in [1.54, 1.807) is 0 Å². The van der Waals surface area contributed by atoms with Gasteiger partial charge in [-0.05, 0) is 24.6 Å². The number of fused-ring (bicyclic) bond motifs is 1. The van der Waals surface area contributed by atoms with Gasteiger partial charge in [-0.1, -0.05) is 0 Å². The van der Waals surface area contributed by atoms with E-state index in [1.807, 2.05) is 6.07 Å². The van der Waals surface area contributed by atoms with E-state index in [4.69, 9.17) is 0 Å². The summed E-state index contributed by atoms with van der Waals surface area (Å²) in [7, 11) is 0. The molecule has 1 aliphatic rings. The van der Waals surface area contributed by atoms with Crippen LogP contribution in [0.3, 0.4) is 0 Å². The lowest BCUT2D eigenvalue weighted by atomic mass is 10.0. The molecule has 1 aromatic rings. The first-order chi connectivity index (χ1) is 5.38. The molecule has 0 saturated heterocycles. The Morgan fingerprint density at radius 1 is 1.55 bits per heavy atom. The predicted octanol–water partition coefficient (Wildman–Crippen LogP) is 0.866. The van der Waals surface area contributed by atoms with Crippen LogP contribution >= 0.6 is 0 Å². The number of rotatable bonds is 0. The molecule has 0 bridgehead atoms. The highest BCUT2D eigenvalue weighted by Gasteiger charge is 2.12. The second-order valence-electron chi connectivity index (χ2n) is 2.67. The molecule has 0 aromatic carbocycles. The molecule has 1 aliphatic heterocycles. The minimum absolute atomic E-state index is 0.324. The van der Waals surface area contributed by atoms with Crippen molar-refractivity contribution >= 4 is 0 Å². The van der Waals surface area contributed by atoms with Gasteiger partial charge in [0, 0.05) is 18.3 Å². The summed E-state index contributed by atoms with van der Waals surface area (Å²) in [6.45, 7) is 1.56. The molecule has 0 fully saturated rings. The quantitative estimate of drug-likeness (QED) is 0.558. The van der Waals surface area contributed by atoms with Crippen LogP contribution in [0, 0.1) is 5.95 Å². The van der Waals surface area contributed by atoms with Crippen LogP contribution in [0.5, 0.6) is 0 Å². The van der Waals surface area contributed by atoms with Crippen LogP contribution in [0.4, 0.5) is 4.39 Å². The third-order valence-electron chi connectivity index (χ3n) is 1.97. The van der Waals surface area contributed by atoms with Crippen molar-refractivity contribution in [3.05, 3.63) is 29.3 Å². The van der Waals surface area contributed by atoms with Gasteiger partial charge in [0.05, 0.1) is 0 Å². The Kier molecular flexibility index (Phi) is 1.58. The van der Waals surface area contributed by atoms with Gasteiger partial charge in [0.2, 0.25) is 5.95 Å². The Balaban J connectivity index is 2.49. The summed E-state index contributed by atoms with van der Waals surface area (Å²) in [5, 5.41) is 3.10. The minimum atomic E-state index is -0.324. The monoisotopic (exact) mass is 152 g/mol. The van der Waals surface area contributed by atoms with Crippen LogP contribution in [-0.4, -0.2) is 11.5 Å². The molecule has 0 amide bonds. The van der Waals surface area contributed by atoms with Crippen molar-refractivity contribution in [1.29, 1.82) is 0 Å². The average Bonchev–Trinajstić information content (AvgIpc) is 2.06. The second kappa shape index (κ2) is 2.58. The summed E-state index contributed by atoms with van der Waals surface area (Å²) < 4.78 is 12.9. The molecule has 2 rings (SSSR count). The molecule has 3 heteroatoms. The molecule has 2 heterocycles. The van der Waals surface area contributed by atoms with E-state index in [0.717, 1.165) is 24.1 Å². The maximum Gasteiger partial charge on any atom is 0.217 e. The lowest BCUT2D eigenvalue weighted by Crippen LogP contribution is -2.24. The van der Waals surface area contributed by atoms with E-state index < -0.39 is 0 Å².